The average molecular weight is 221 g/mol. The zero-order chi connectivity index (χ0) is 11.5. The highest BCUT2D eigenvalue weighted by Crippen LogP contribution is 2.37. The summed E-state index contributed by atoms with van der Waals surface area (Å²) >= 11 is 0. The Hall–Kier alpha value is -0.603. The Morgan fingerprint density at radius 3 is 2.07 bits per heavy atom. The van der Waals surface area contributed by atoms with Gasteiger partial charge in [-0.15, -0.1) is 0 Å². The second kappa shape index (κ2) is 4.50. The predicted molar refractivity (Wildman–Crippen MR) is 68.1 cm³/mol. The first-order valence-electron chi connectivity index (χ1n) is 5.39. The Labute approximate surface area is 94.6 Å². The summed E-state index contributed by atoms with van der Waals surface area (Å²) in [6.07, 6.45) is 0. The Morgan fingerprint density at radius 2 is 1.60 bits per heavy atom. The highest BCUT2D eigenvalue weighted by molar-refractivity contribution is 6.74. The minimum Gasteiger partial charge on any atom is -0.407 e. The van der Waals surface area contributed by atoms with Crippen molar-refractivity contribution in [2.75, 3.05) is 0 Å². The van der Waals surface area contributed by atoms with Gasteiger partial charge in [0, 0.05) is 0 Å². The molecule has 0 aliphatic rings. The lowest BCUT2D eigenvalue weighted by molar-refractivity contribution is 0.386. The van der Waals surface area contributed by atoms with Crippen molar-refractivity contribution in [1.82, 2.24) is 0 Å². The van der Waals surface area contributed by atoms with Crippen molar-refractivity contribution in [2.45, 2.75) is 38.9 Å². The quantitative estimate of drug-likeness (QED) is 0.694. The fourth-order valence-electron chi connectivity index (χ4n) is 0.924. The van der Waals surface area contributed by atoms with E-state index in [-0.39, 0.29) is 5.04 Å². The van der Waals surface area contributed by atoms with Crippen molar-refractivity contribution >= 4 is 8.32 Å². The molecule has 1 aromatic rings. The molecule has 1 nitrogen and oxygen atoms in total. The molecule has 0 atom stereocenters. The SMILES string of the molecule is CC(C)(C)[Si](C)(C)O[CH]c1ccccc1. The molecule has 0 aliphatic carbocycles. The molecule has 83 valence electrons. The van der Waals surface area contributed by atoms with Crippen LogP contribution in [0.4, 0.5) is 0 Å². The van der Waals surface area contributed by atoms with Crippen LogP contribution < -0.4 is 0 Å². The first kappa shape index (κ1) is 12.5. The van der Waals surface area contributed by atoms with Gasteiger partial charge < -0.3 is 4.43 Å². The monoisotopic (exact) mass is 221 g/mol. The maximum absolute atomic E-state index is 5.99. The first-order valence-corrected chi connectivity index (χ1v) is 8.30. The number of hydrogen-bond acceptors (Lipinski definition) is 1. The standard InChI is InChI=1S/C13H21OSi/c1-13(2,3)15(4,5)14-11-12-9-7-6-8-10-12/h6-11H,1-5H3. The van der Waals surface area contributed by atoms with Gasteiger partial charge in [-0.3, -0.25) is 0 Å². The highest BCUT2D eigenvalue weighted by atomic mass is 28.4. The minimum absolute atomic E-state index is 0.262. The Bertz CT molecular complexity index is 298. The van der Waals surface area contributed by atoms with E-state index in [1.165, 1.54) is 0 Å². The second-order valence-corrected chi connectivity index (χ2v) is 10.2. The largest absolute Gasteiger partial charge is 0.407 e. The zero-order valence-electron chi connectivity index (χ0n) is 10.4. The van der Waals surface area contributed by atoms with Gasteiger partial charge in [-0.05, 0) is 23.7 Å². The van der Waals surface area contributed by atoms with Gasteiger partial charge in [-0.1, -0.05) is 51.1 Å². The van der Waals surface area contributed by atoms with Crippen LogP contribution in [0.15, 0.2) is 30.3 Å². The molecule has 1 aromatic carbocycles. The summed E-state index contributed by atoms with van der Waals surface area (Å²) in [6, 6.07) is 10.2. The van der Waals surface area contributed by atoms with Crippen LogP contribution in [0.1, 0.15) is 26.3 Å². The third-order valence-electron chi connectivity index (χ3n) is 3.10. The summed E-state index contributed by atoms with van der Waals surface area (Å²) in [4.78, 5) is 0. The fraction of sp³-hybridized carbons (Fsp3) is 0.462. The normalized spacial score (nSPS) is 12.9. The molecule has 2 heteroatoms. The molecule has 0 aromatic heterocycles. The van der Waals surface area contributed by atoms with Crippen molar-refractivity contribution in [2.24, 2.45) is 0 Å². The molecule has 1 radical (unpaired) electrons. The van der Waals surface area contributed by atoms with Crippen molar-refractivity contribution in [3.63, 3.8) is 0 Å². The van der Waals surface area contributed by atoms with Gasteiger partial charge in [-0.2, -0.15) is 0 Å². The van der Waals surface area contributed by atoms with Crippen LogP contribution in [0.5, 0.6) is 0 Å². The third-order valence-corrected chi connectivity index (χ3v) is 7.41. The smallest absolute Gasteiger partial charge is 0.193 e. The highest BCUT2D eigenvalue weighted by Gasteiger charge is 2.37. The van der Waals surface area contributed by atoms with Gasteiger partial charge in [-0.25, -0.2) is 0 Å². The zero-order valence-corrected chi connectivity index (χ0v) is 11.4. The summed E-state index contributed by atoms with van der Waals surface area (Å²) in [5.74, 6) is 0. The van der Waals surface area contributed by atoms with E-state index in [2.05, 4.69) is 46.0 Å². The summed E-state index contributed by atoms with van der Waals surface area (Å²) in [6.45, 7) is 13.2. The van der Waals surface area contributed by atoms with Gasteiger partial charge in [0.05, 0.1) is 6.61 Å². The predicted octanol–water partition coefficient (Wildman–Crippen LogP) is 4.22. The van der Waals surface area contributed by atoms with E-state index in [0.29, 0.717) is 0 Å². The molecule has 15 heavy (non-hydrogen) atoms. The lowest BCUT2D eigenvalue weighted by Crippen LogP contribution is -2.39. The van der Waals surface area contributed by atoms with Crippen LogP contribution in [0.3, 0.4) is 0 Å². The second-order valence-electron chi connectivity index (χ2n) is 5.41. The topological polar surface area (TPSA) is 9.23 Å². The average Bonchev–Trinajstić information content (AvgIpc) is 2.15. The Kier molecular flexibility index (Phi) is 3.74. The van der Waals surface area contributed by atoms with Gasteiger partial charge in [0.1, 0.15) is 0 Å². The molecule has 0 spiro atoms. The van der Waals surface area contributed by atoms with Crippen LogP contribution >= 0.6 is 0 Å². The van der Waals surface area contributed by atoms with Gasteiger partial charge in [0.2, 0.25) is 0 Å². The van der Waals surface area contributed by atoms with Crippen molar-refractivity contribution in [3.05, 3.63) is 42.5 Å². The fourth-order valence-corrected chi connectivity index (χ4v) is 1.71. The Balaban J connectivity index is 2.58. The first-order chi connectivity index (χ1) is 6.83. The summed E-state index contributed by atoms with van der Waals surface area (Å²) in [5, 5.41) is 0.262. The van der Waals surface area contributed by atoms with Crippen LogP contribution in [-0.4, -0.2) is 8.32 Å². The van der Waals surface area contributed by atoms with Crippen LogP contribution in [-0.2, 0) is 4.43 Å². The number of benzene rings is 1. The van der Waals surface area contributed by atoms with Gasteiger partial charge in [0.25, 0.3) is 0 Å². The van der Waals surface area contributed by atoms with Crippen molar-refractivity contribution in [1.29, 1.82) is 0 Å². The van der Waals surface area contributed by atoms with Crippen LogP contribution in [0.25, 0.3) is 0 Å². The van der Waals surface area contributed by atoms with E-state index in [9.17, 15) is 0 Å². The number of rotatable bonds is 3. The van der Waals surface area contributed by atoms with E-state index in [0.717, 1.165) is 5.56 Å². The molecule has 0 aliphatic heterocycles. The lowest BCUT2D eigenvalue weighted by atomic mass is 10.2. The molecule has 0 bridgehead atoms. The van der Waals surface area contributed by atoms with Gasteiger partial charge >= 0.3 is 0 Å². The van der Waals surface area contributed by atoms with E-state index < -0.39 is 8.32 Å². The van der Waals surface area contributed by atoms with E-state index in [1.54, 1.807) is 0 Å². The van der Waals surface area contributed by atoms with Gasteiger partial charge in [0.15, 0.2) is 8.32 Å². The van der Waals surface area contributed by atoms with Crippen molar-refractivity contribution < 1.29 is 4.43 Å². The molecule has 1 rings (SSSR count). The number of hydrogen-bond donors (Lipinski definition) is 0. The molecule has 0 saturated carbocycles. The molecule has 0 N–H and O–H groups in total. The summed E-state index contributed by atoms with van der Waals surface area (Å²) in [5.41, 5.74) is 1.14. The van der Waals surface area contributed by atoms with Crippen molar-refractivity contribution in [3.8, 4) is 0 Å². The molecule has 0 heterocycles. The molecule has 0 unspecified atom stereocenters. The molecule has 0 fully saturated rings. The Morgan fingerprint density at radius 1 is 1.07 bits per heavy atom. The van der Waals surface area contributed by atoms with E-state index >= 15 is 0 Å². The van der Waals surface area contributed by atoms with E-state index in [4.69, 9.17) is 4.43 Å². The molecule has 0 saturated heterocycles. The van der Waals surface area contributed by atoms with E-state index in [1.807, 2.05) is 24.8 Å². The maximum atomic E-state index is 5.99. The molecule has 0 amide bonds. The molecular formula is C13H21OSi. The van der Waals surface area contributed by atoms with Crippen LogP contribution in [0, 0.1) is 6.61 Å². The summed E-state index contributed by atoms with van der Waals surface area (Å²) in [7, 11) is -1.64. The van der Waals surface area contributed by atoms with Crippen LogP contribution in [0.2, 0.25) is 18.1 Å². The summed E-state index contributed by atoms with van der Waals surface area (Å²) < 4.78 is 5.99. The lowest BCUT2D eigenvalue weighted by Gasteiger charge is -2.35. The maximum Gasteiger partial charge on any atom is 0.193 e. The third kappa shape index (κ3) is 3.47. The molecular weight excluding hydrogens is 200 g/mol. The minimum atomic E-state index is -1.64.